The van der Waals surface area contributed by atoms with Crippen LogP contribution in [-0.2, 0) is 11.3 Å². The van der Waals surface area contributed by atoms with Crippen molar-refractivity contribution in [3.05, 3.63) is 65.4 Å². The number of pyridine rings is 1. The van der Waals surface area contributed by atoms with Crippen molar-refractivity contribution in [1.82, 2.24) is 9.88 Å². The van der Waals surface area contributed by atoms with Gasteiger partial charge in [-0.3, -0.25) is 9.78 Å². The normalized spacial score (nSPS) is 16.3. The minimum absolute atomic E-state index is 0.196. The number of halogens is 2. The number of aliphatic carboxylic acids is 1. The number of nitrogens with two attached hydrogens (primary N) is 1. The molecule has 3 aromatic rings. The number of carboxylic acid groups (broad SMARTS) is 1. The molecule has 1 aliphatic heterocycles. The molecule has 204 valence electrons. The van der Waals surface area contributed by atoms with Gasteiger partial charge in [0.15, 0.2) is 0 Å². The zero-order valence-electron chi connectivity index (χ0n) is 21.4. The quantitative estimate of drug-likeness (QED) is 0.294. The summed E-state index contributed by atoms with van der Waals surface area (Å²) in [6.45, 7) is 2.43. The van der Waals surface area contributed by atoms with Crippen LogP contribution >= 0.6 is 0 Å². The first-order chi connectivity index (χ1) is 18.2. The number of piperidine rings is 1. The fourth-order valence-corrected chi connectivity index (χ4v) is 5.26. The highest BCUT2D eigenvalue weighted by Crippen LogP contribution is 2.40. The van der Waals surface area contributed by atoms with Gasteiger partial charge in [-0.25, -0.2) is 8.78 Å². The summed E-state index contributed by atoms with van der Waals surface area (Å²) in [7, 11) is 1.57. The number of fused-ring (bicyclic) bond motifs is 1. The highest BCUT2D eigenvalue weighted by atomic mass is 19.1. The van der Waals surface area contributed by atoms with E-state index in [2.05, 4.69) is 15.2 Å². The van der Waals surface area contributed by atoms with Gasteiger partial charge in [0.25, 0.3) is 0 Å². The number of nitrogens with one attached hydrogen (secondary N) is 1. The van der Waals surface area contributed by atoms with Crippen LogP contribution in [0.15, 0.2) is 42.6 Å². The van der Waals surface area contributed by atoms with Crippen molar-refractivity contribution in [1.29, 1.82) is 0 Å². The fraction of sp³-hybridized carbons (Fsp3) is 0.429. The lowest BCUT2D eigenvalue weighted by molar-refractivity contribution is -0.153. The molecule has 8 nitrogen and oxygen atoms in total. The van der Waals surface area contributed by atoms with Gasteiger partial charge < -0.3 is 30.9 Å². The van der Waals surface area contributed by atoms with Gasteiger partial charge in [0.05, 0.1) is 24.1 Å². The van der Waals surface area contributed by atoms with Gasteiger partial charge in [-0.05, 0) is 80.2 Å². The molecule has 5 N–H and O–H groups in total. The average molecular weight is 529 g/mol. The predicted molar refractivity (Wildman–Crippen MR) is 141 cm³/mol. The summed E-state index contributed by atoms with van der Waals surface area (Å²) in [5.74, 6) is -1.51. The number of anilines is 1. The lowest BCUT2D eigenvalue weighted by atomic mass is 9.74. The van der Waals surface area contributed by atoms with Crippen molar-refractivity contribution in [2.75, 3.05) is 38.6 Å². The average Bonchev–Trinajstić information content (AvgIpc) is 2.90. The Morgan fingerprint density at radius 1 is 1.21 bits per heavy atom. The molecule has 0 aliphatic carbocycles. The molecule has 0 bridgehead atoms. The van der Waals surface area contributed by atoms with Gasteiger partial charge >= 0.3 is 5.97 Å². The van der Waals surface area contributed by atoms with Gasteiger partial charge in [-0.1, -0.05) is 0 Å². The van der Waals surface area contributed by atoms with Crippen LogP contribution in [0.1, 0.15) is 42.9 Å². The van der Waals surface area contributed by atoms with Crippen LogP contribution in [0.2, 0.25) is 0 Å². The third-order valence-corrected chi connectivity index (χ3v) is 7.54. The Kier molecular flexibility index (Phi) is 8.76. The van der Waals surface area contributed by atoms with Crippen LogP contribution in [0, 0.1) is 17.0 Å². The minimum Gasteiger partial charge on any atom is -0.497 e. The van der Waals surface area contributed by atoms with E-state index in [1.165, 1.54) is 12.1 Å². The molecule has 1 atom stereocenters. The lowest BCUT2D eigenvalue weighted by Crippen LogP contribution is -2.45. The number of benzene rings is 2. The van der Waals surface area contributed by atoms with Crippen LogP contribution in [0.3, 0.4) is 0 Å². The zero-order valence-corrected chi connectivity index (χ0v) is 21.4. The maximum absolute atomic E-state index is 13.4. The molecular weight excluding hydrogens is 494 g/mol. The molecule has 0 radical (unpaired) electrons. The topological polar surface area (TPSA) is 121 Å². The summed E-state index contributed by atoms with van der Waals surface area (Å²) in [6, 6.07) is 8.72. The largest absolute Gasteiger partial charge is 0.497 e. The van der Waals surface area contributed by atoms with E-state index in [9.17, 15) is 23.8 Å². The molecule has 0 saturated carbocycles. The standard InChI is InChI=1S/C28H34F2N4O4/c1-38-22-2-3-24-23(15-22)26(18(16-31)17-33-24)25(35)4-5-28(27(36)37)6-9-34(10-7-28)11-8-32-21-13-19(29)12-20(30)14-21/h2-3,12-15,17,25,32,35H,4-11,16,31H2,1H3,(H,36,37)/t25-/m1/s1. The number of likely N-dealkylation sites (tertiary alicyclic amines) is 1. The molecule has 0 amide bonds. The maximum atomic E-state index is 13.4. The number of hydrogen-bond donors (Lipinski definition) is 4. The molecule has 1 saturated heterocycles. The summed E-state index contributed by atoms with van der Waals surface area (Å²) >= 11 is 0. The number of nitrogens with zero attached hydrogens (tertiary/aromatic N) is 2. The molecule has 2 aromatic carbocycles. The van der Waals surface area contributed by atoms with Crippen molar-refractivity contribution in [2.24, 2.45) is 11.1 Å². The number of ether oxygens (including phenoxy) is 1. The number of methoxy groups -OCH3 is 1. The van der Waals surface area contributed by atoms with E-state index >= 15 is 0 Å². The van der Waals surface area contributed by atoms with Gasteiger partial charge in [-0.2, -0.15) is 0 Å². The Hall–Kier alpha value is -3.34. The van der Waals surface area contributed by atoms with E-state index in [1.54, 1.807) is 19.4 Å². The summed E-state index contributed by atoms with van der Waals surface area (Å²) in [6.07, 6.45) is 2.22. The van der Waals surface area contributed by atoms with E-state index in [4.69, 9.17) is 10.5 Å². The van der Waals surface area contributed by atoms with Crippen molar-refractivity contribution < 1.29 is 28.5 Å². The molecule has 1 aliphatic rings. The second-order valence-electron chi connectivity index (χ2n) is 9.85. The minimum atomic E-state index is -0.944. The van der Waals surface area contributed by atoms with E-state index < -0.39 is 29.1 Å². The maximum Gasteiger partial charge on any atom is 0.309 e. The second kappa shape index (κ2) is 12.0. The highest BCUT2D eigenvalue weighted by molar-refractivity contribution is 5.85. The molecule has 4 rings (SSSR count). The van der Waals surface area contributed by atoms with Crippen molar-refractivity contribution in [3.63, 3.8) is 0 Å². The monoisotopic (exact) mass is 528 g/mol. The molecule has 0 unspecified atom stereocenters. The van der Waals surface area contributed by atoms with Crippen LogP contribution < -0.4 is 15.8 Å². The second-order valence-corrected chi connectivity index (χ2v) is 9.85. The number of carbonyl (C=O) groups is 1. The molecule has 2 heterocycles. The Balaban J connectivity index is 1.39. The SMILES string of the molecule is COc1ccc2ncc(CN)c([C@H](O)CCC3(C(=O)O)CCN(CCNc4cc(F)cc(F)c4)CC3)c2c1. The number of aliphatic hydroxyl groups is 1. The number of aromatic nitrogens is 1. The number of hydrogen-bond acceptors (Lipinski definition) is 7. The van der Waals surface area contributed by atoms with Crippen molar-refractivity contribution in [2.45, 2.75) is 38.3 Å². The zero-order chi connectivity index (χ0) is 27.3. The Bertz CT molecular complexity index is 1260. The Labute approximate surface area is 220 Å². The summed E-state index contributed by atoms with van der Waals surface area (Å²) in [4.78, 5) is 19.0. The van der Waals surface area contributed by atoms with Crippen LogP contribution in [0.25, 0.3) is 10.9 Å². The van der Waals surface area contributed by atoms with Gasteiger partial charge in [0.1, 0.15) is 17.4 Å². The third kappa shape index (κ3) is 6.20. The van der Waals surface area contributed by atoms with Crippen LogP contribution in [0.5, 0.6) is 5.75 Å². The number of aliphatic hydroxyl groups excluding tert-OH is 1. The van der Waals surface area contributed by atoms with E-state index in [1.807, 2.05) is 12.1 Å². The fourth-order valence-electron chi connectivity index (χ4n) is 5.26. The summed E-state index contributed by atoms with van der Waals surface area (Å²) in [5.41, 5.74) is 7.44. The van der Waals surface area contributed by atoms with Crippen LogP contribution in [0.4, 0.5) is 14.5 Å². The number of rotatable bonds is 11. The van der Waals surface area contributed by atoms with Gasteiger partial charge in [-0.15, -0.1) is 0 Å². The smallest absolute Gasteiger partial charge is 0.309 e. The highest BCUT2D eigenvalue weighted by Gasteiger charge is 2.41. The first kappa shape index (κ1) is 27.7. The van der Waals surface area contributed by atoms with E-state index in [0.717, 1.165) is 11.5 Å². The number of carboxylic acids is 1. The third-order valence-electron chi connectivity index (χ3n) is 7.54. The van der Waals surface area contributed by atoms with E-state index in [-0.39, 0.29) is 13.0 Å². The van der Waals surface area contributed by atoms with Gasteiger partial charge in [0, 0.05) is 43.0 Å². The van der Waals surface area contributed by atoms with Gasteiger partial charge in [0.2, 0.25) is 0 Å². The molecule has 1 fully saturated rings. The molecular formula is C28H34F2N4O4. The van der Waals surface area contributed by atoms with E-state index in [0.29, 0.717) is 73.5 Å². The Morgan fingerprint density at radius 2 is 1.92 bits per heavy atom. The lowest BCUT2D eigenvalue weighted by Gasteiger charge is -2.39. The first-order valence-corrected chi connectivity index (χ1v) is 12.7. The summed E-state index contributed by atoms with van der Waals surface area (Å²) < 4.78 is 32.1. The molecule has 10 heteroatoms. The molecule has 0 spiro atoms. The van der Waals surface area contributed by atoms with Crippen LogP contribution in [-0.4, -0.2) is 59.4 Å². The van der Waals surface area contributed by atoms with Crippen molar-refractivity contribution >= 4 is 22.6 Å². The first-order valence-electron chi connectivity index (χ1n) is 12.7. The van der Waals surface area contributed by atoms with Crippen molar-refractivity contribution in [3.8, 4) is 5.75 Å². The molecule has 1 aromatic heterocycles. The Morgan fingerprint density at radius 3 is 2.55 bits per heavy atom. The molecule has 38 heavy (non-hydrogen) atoms. The summed E-state index contributed by atoms with van der Waals surface area (Å²) in [5, 5.41) is 25.1. The predicted octanol–water partition coefficient (Wildman–Crippen LogP) is 4.07.